The summed E-state index contributed by atoms with van der Waals surface area (Å²) in [6.45, 7) is 14.4. The summed E-state index contributed by atoms with van der Waals surface area (Å²) >= 11 is 0. The average Bonchev–Trinajstić information content (AvgIpc) is 2.58. The maximum absolute atomic E-state index is 5.93. The second-order valence-corrected chi connectivity index (χ2v) is 8.23. The molecule has 0 N–H and O–H groups in total. The molecule has 142 valence electrons. The molecule has 2 heterocycles. The molecular formula is C22H32N2O2. The van der Waals surface area contributed by atoms with E-state index >= 15 is 0 Å². The van der Waals surface area contributed by atoms with Crippen LogP contribution >= 0.6 is 0 Å². The van der Waals surface area contributed by atoms with Gasteiger partial charge in [-0.3, -0.25) is 4.98 Å². The fourth-order valence-corrected chi connectivity index (χ4v) is 3.01. The van der Waals surface area contributed by atoms with Crippen molar-refractivity contribution >= 4 is 0 Å². The van der Waals surface area contributed by atoms with Crippen LogP contribution < -0.4 is 9.47 Å². The molecule has 0 radical (unpaired) electrons. The van der Waals surface area contributed by atoms with E-state index < -0.39 is 0 Å². The predicted molar refractivity (Wildman–Crippen MR) is 106 cm³/mol. The summed E-state index contributed by atoms with van der Waals surface area (Å²) in [4.78, 5) is 8.67. The Labute approximate surface area is 158 Å². The molecule has 0 aliphatic carbocycles. The largest absolute Gasteiger partial charge is 0.493 e. The summed E-state index contributed by atoms with van der Waals surface area (Å²) < 4.78 is 11.6. The molecule has 0 spiro atoms. The molecular weight excluding hydrogens is 324 g/mol. The SMILES string of the molecule is Cc1cc(OCC(C)CC(C)(C)c2ccc(OCC(C)C)nc2)ccn1. The third-order valence-corrected chi connectivity index (χ3v) is 4.34. The molecule has 0 aliphatic rings. The summed E-state index contributed by atoms with van der Waals surface area (Å²) in [5, 5.41) is 0. The molecule has 0 aliphatic heterocycles. The van der Waals surface area contributed by atoms with Crippen LogP contribution in [0.5, 0.6) is 11.6 Å². The summed E-state index contributed by atoms with van der Waals surface area (Å²) in [6, 6.07) is 7.98. The Kier molecular flexibility index (Phi) is 7.01. The van der Waals surface area contributed by atoms with Crippen LogP contribution in [0.3, 0.4) is 0 Å². The van der Waals surface area contributed by atoms with Crippen LogP contribution in [0.2, 0.25) is 0 Å². The van der Waals surface area contributed by atoms with E-state index in [0.717, 1.165) is 17.9 Å². The lowest BCUT2D eigenvalue weighted by Crippen LogP contribution is -2.24. The quantitative estimate of drug-likeness (QED) is 0.619. The Morgan fingerprint density at radius 2 is 1.77 bits per heavy atom. The molecule has 4 heteroatoms. The van der Waals surface area contributed by atoms with E-state index in [1.165, 1.54) is 5.56 Å². The second kappa shape index (κ2) is 9.02. The average molecular weight is 357 g/mol. The van der Waals surface area contributed by atoms with Crippen molar-refractivity contribution in [1.82, 2.24) is 9.97 Å². The van der Waals surface area contributed by atoms with Gasteiger partial charge in [0.1, 0.15) is 5.75 Å². The zero-order valence-electron chi connectivity index (χ0n) is 17.0. The van der Waals surface area contributed by atoms with Gasteiger partial charge < -0.3 is 9.47 Å². The van der Waals surface area contributed by atoms with Crippen molar-refractivity contribution in [2.45, 2.75) is 53.4 Å². The highest BCUT2D eigenvalue weighted by Crippen LogP contribution is 2.31. The molecule has 0 saturated heterocycles. The number of rotatable bonds is 9. The van der Waals surface area contributed by atoms with Crippen molar-refractivity contribution in [3.05, 3.63) is 47.9 Å². The monoisotopic (exact) mass is 356 g/mol. The van der Waals surface area contributed by atoms with E-state index in [0.29, 0.717) is 30.9 Å². The Balaban J connectivity index is 1.90. The Bertz CT molecular complexity index is 681. The molecule has 0 bridgehead atoms. The number of hydrogen-bond acceptors (Lipinski definition) is 4. The van der Waals surface area contributed by atoms with Crippen LogP contribution in [0.4, 0.5) is 0 Å². The van der Waals surface area contributed by atoms with E-state index in [4.69, 9.17) is 9.47 Å². The summed E-state index contributed by atoms with van der Waals surface area (Å²) in [5.41, 5.74) is 2.22. The molecule has 0 saturated carbocycles. The van der Waals surface area contributed by atoms with Crippen molar-refractivity contribution in [3.8, 4) is 11.6 Å². The molecule has 0 amide bonds. The number of nitrogens with zero attached hydrogens (tertiary/aromatic N) is 2. The molecule has 26 heavy (non-hydrogen) atoms. The predicted octanol–water partition coefficient (Wildman–Crippen LogP) is 5.20. The van der Waals surface area contributed by atoms with Gasteiger partial charge in [0.25, 0.3) is 0 Å². The van der Waals surface area contributed by atoms with Gasteiger partial charge >= 0.3 is 0 Å². The van der Waals surface area contributed by atoms with Crippen LogP contribution in [-0.2, 0) is 5.41 Å². The maximum Gasteiger partial charge on any atom is 0.213 e. The van der Waals surface area contributed by atoms with E-state index in [1.54, 1.807) is 6.20 Å². The van der Waals surface area contributed by atoms with Crippen molar-refractivity contribution in [1.29, 1.82) is 0 Å². The van der Waals surface area contributed by atoms with Crippen molar-refractivity contribution in [2.75, 3.05) is 13.2 Å². The van der Waals surface area contributed by atoms with Gasteiger partial charge in [0.2, 0.25) is 5.88 Å². The summed E-state index contributed by atoms with van der Waals surface area (Å²) in [7, 11) is 0. The minimum absolute atomic E-state index is 0.0283. The van der Waals surface area contributed by atoms with Gasteiger partial charge in [-0.05, 0) is 42.2 Å². The fraction of sp³-hybridized carbons (Fsp3) is 0.545. The molecule has 0 fully saturated rings. The van der Waals surface area contributed by atoms with E-state index in [9.17, 15) is 0 Å². The minimum atomic E-state index is 0.0283. The smallest absolute Gasteiger partial charge is 0.213 e. The first-order valence-electron chi connectivity index (χ1n) is 9.41. The molecule has 0 aromatic carbocycles. The van der Waals surface area contributed by atoms with Gasteiger partial charge in [-0.15, -0.1) is 0 Å². The van der Waals surface area contributed by atoms with Gasteiger partial charge in [-0.2, -0.15) is 0 Å². The second-order valence-electron chi connectivity index (χ2n) is 8.23. The first-order valence-corrected chi connectivity index (χ1v) is 9.41. The molecule has 2 rings (SSSR count). The van der Waals surface area contributed by atoms with Crippen LogP contribution in [0.1, 0.15) is 52.3 Å². The highest BCUT2D eigenvalue weighted by Gasteiger charge is 2.24. The normalized spacial score (nSPS) is 12.9. The first kappa shape index (κ1) is 20.2. The number of hydrogen-bond donors (Lipinski definition) is 0. The highest BCUT2D eigenvalue weighted by molar-refractivity contribution is 5.25. The number of pyridine rings is 2. The lowest BCUT2D eigenvalue weighted by Gasteiger charge is -2.28. The number of aryl methyl sites for hydroxylation is 1. The van der Waals surface area contributed by atoms with E-state index in [2.05, 4.69) is 50.7 Å². The van der Waals surface area contributed by atoms with Gasteiger partial charge in [-0.25, -0.2) is 4.98 Å². The molecule has 1 unspecified atom stereocenters. The standard InChI is InChI=1S/C22H32N2O2/c1-16(2)14-26-21-8-7-19(13-24-21)22(5,6)12-17(3)15-25-20-9-10-23-18(4)11-20/h7-11,13,16-17H,12,14-15H2,1-6H3. The lowest BCUT2D eigenvalue weighted by molar-refractivity contribution is 0.227. The molecule has 2 aromatic heterocycles. The molecule has 2 aromatic rings. The molecule has 4 nitrogen and oxygen atoms in total. The third kappa shape index (κ3) is 6.32. The zero-order valence-corrected chi connectivity index (χ0v) is 17.0. The van der Waals surface area contributed by atoms with Crippen LogP contribution in [0.15, 0.2) is 36.7 Å². The highest BCUT2D eigenvalue weighted by atomic mass is 16.5. The van der Waals surface area contributed by atoms with Crippen molar-refractivity contribution < 1.29 is 9.47 Å². The third-order valence-electron chi connectivity index (χ3n) is 4.34. The topological polar surface area (TPSA) is 44.2 Å². The minimum Gasteiger partial charge on any atom is -0.493 e. The van der Waals surface area contributed by atoms with Crippen molar-refractivity contribution in [2.24, 2.45) is 11.8 Å². The van der Waals surface area contributed by atoms with Crippen molar-refractivity contribution in [3.63, 3.8) is 0 Å². The van der Waals surface area contributed by atoms with Crippen LogP contribution in [-0.4, -0.2) is 23.2 Å². The summed E-state index contributed by atoms with van der Waals surface area (Å²) in [5.74, 6) is 2.51. The molecule has 1 atom stereocenters. The van der Waals surface area contributed by atoms with Gasteiger partial charge in [0, 0.05) is 30.2 Å². The first-order chi connectivity index (χ1) is 12.3. The van der Waals surface area contributed by atoms with E-state index in [-0.39, 0.29) is 5.41 Å². The fourth-order valence-electron chi connectivity index (χ4n) is 3.01. The van der Waals surface area contributed by atoms with Gasteiger partial charge in [0.15, 0.2) is 0 Å². The Hall–Kier alpha value is -2.10. The lowest BCUT2D eigenvalue weighted by atomic mass is 9.78. The van der Waals surface area contributed by atoms with Gasteiger partial charge in [0.05, 0.1) is 13.2 Å². The number of aromatic nitrogens is 2. The van der Waals surface area contributed by atoms with Crippen LogP contribution in [0.25, 0.3) is 0 Å². The van der Waals surface area contributed by atoms with E-state index in [1.807, 2.05) is 31.3 Å². The zero-order chi connectivity index (χ0) is 19.2. The summed E-state index contributed by atoms with van der Waals surface area (Å²) in [6.07, 6.45) is 4.74. The maximum atomic E-state index is 5.93. The van der Waals surface area contributed by atoms with Gasteiger partial charge in [-0.1, -0.05) is 40.7 Å². The van der Waals surface area contributed by atoms with Crippen LogP contribution in [0, 0.1) is 18.8 Å². The number of ether oxygens (including phenoxy) is 2. The Morgan fingerprint density at radius 3 is 2.38 bits per heavy atom. The Morgan fingerprint density at radius 1 is 1.00 bits per heavy atom.